The summed E-state index contributed by atoms with van der Waals surface area (Å²) in [6, 6.07) is 16.3. The number of nitrogens with zero attached hydrogens (tertiary/aromatic N) is 2. The third-order valence-corrected chi connectivity index (χ3v) is 3.63. The van der Waals surface area contributed by atoms with Crippen molar-refractivity contribution in [2.45, 2.75) is 0 Å². The number of esters is 1. The van der Waals surface area contributed by atoms with Crippen LogP contribution in [0, 0.1) is 0 Å². The summed E-state index contributed by atoms with van der Waals surface area (Å²) in [7, 11) is 2.95. The van der Waals surface area contributed by atoms with Gasteiger partial charge in [0, 0.05) is 6.07 Å². The van der Waals surface area contributed by atoms with E-state index in [1.54, 1.807) is 31.4 Å². The second kappa shape index (κ2) is 7.98. The van der Waals surface area contributed by atoms with Crippen LogP contribution in [-0.2, 0) is 4.74 Å². The van der Waals surface area contributed by atoms with Gasteiger partial charge in [-0.2, -0.15) is 0 Å². The molecule has 7 heteroatoms. The minimum Gasteiger partial charge on any atom is -0.495 e. The molecule has 0 amide bonds. The predicted molar refractivity (Wildman–Crippen MR) is 99.4 cm³/mol. The second-order valence-corrected chi connectivity index (χ2v) is 5.28. The van der Waals surface area contributed by atoms with Gasteiger partial charge in [0.2, 0.25) is 0 Å². The minimum atomic E-state index is -0.422. The van der Waals surface area contributed by atoms with E-state index in [-0.39, 0.29) is 0 Å². The van der Waals surface area contributed by atoms with E-state index in [0.29, 0.717) is 28.6 Å². The first kappa shape index (κ1) is 17.2. The SMILES string of the molecule is COC(=O)c1ccccc1Nc1cc(Nc2ccccc2OC)ncn1. The van der Waals surface area contributed by atoms with Gasteiger partial charge >= 0.3 is 5.97 Å². The van der Waals surface area contributed by atoms with E-state index in [1.807, 2.05) is 30.3 Å². The van der Waals surface area contributed by atoms with Gasteiger partial charge in [0.05, 0.1) is 31.2 Å². The molecule has 7 nitrogen and oxygen atoms in total. The van der Waals surface area contributed by atoms with E-state index in [0.717, 1.165) is 5.69 Å². The fourth-order valence-electron chi connectivity index (χ4n) is 2.40. The largest absolute Gasteiger partial charge is 0.495 e. The molecule has 1 aromatic heterocycles. The molecule has 26 heavy (non-hydrogen) atoms. The van der Waals surface area contributed by atoms with Crippen molar-refractivity contribution < 1.29 is 14.3 Å². The van der Waals surface area contributed by atoms with Crippen molar-refractivity contribution in [1.29, 1.82) is 0 Å². The van der Waals surface area contributed by atoms with Gasteiger partial charge in [0.15, 0.2) is 0 Å². The Balaban J connectivity index is 1.84. The Kier molecular flexibility index (Phi) is 5.28. The molecule has 0 bridgehead atoms. The molecule has 3 rings (SSSR count). The number of rotatable bonds is 6. The first-order valence-corrected chi connectivity index (χ1v) is 7.87. The van der Waals surface area contributed by atoms with Gasteiger partial charge in [-0.1, -0.05) is 24.3 Å². The maximum absolute atomic E-state index is 11.9. The Labute approximate surface area is 151 Å². The number of carbonyl (C=O) groups is 1. The van der Waals surface area contributed by atoms with Crippen molar-refractivity contribution in [3.63, 3.8) is 0 Å². The number of para-hydroxylation sites is 3. The number of hydrogen-bond acceptors (Lipinski definition) is 7. The molecule has 132 valence electrons. The zero-order valence-corrected chi connectivity index (χ0v) is 14.4. The van der Waals surface area contributed by atoms with Gasteiger partial charge < -0.3 is 20.1 Å². The topological polar surface area (TPSA) is 85.4 Å². The fraction of sp³-hybridized carbons (Fsp3) is 0.105. The van der Waals surface area contributed by atoms with Gasteiger partial charge in [-0.3, -0.25) is 0 Å². The highest BCUT2D eigenvalue weighted by molar-refractivity contribution is 5.96. The molecule has 0 saturated carbocycles. The Morgan fingerprint density at radius 3 is 2.19 bits per heavy atom. The van der Waals surface area contributed by atoms with Crippen molar-refractivity contribution in [3.05, 3.63) is 66.5 Å². The quantitative estimate of drug-likeness (QED) is 0.655. The molecule has 2 aromatic carbocycles. The van der Waals surface area contributed by atoms with Crippen LogP contribution in [-0.4, -0.2) is 30.2 Å². The zero-order chi connectivity index (χ0) is 18.4. The van der Waals surface area contributed by atoms with Crippen molar-refractivity contribution >= 4 is 29.0 Å². The highest BCUT2D eigenvalue weighted by Crippen LogP contribution is 2.27. The molecule has 0 saturated heterocycles. The van der Waals surface area contributed by atoms with Gasteiger partial charge in [-0.15, -0.1) is 0 Å². The number of hydrogen-bond donors (Lipinski definition) is 2. The summed E-state index contributed by atoms with van der Waals surface area (Å²) in [5.74, 6) is 1.41. The normalized spacial score (nSPS) is 10.1. The van der Waals surface area contributed by atoms with Crippen LogP contribution in [0.4, 0.5) is 23.0 Å². The highest BCUT2D eigenvalue weighted by Gasteiger charge is 2.12. The van der Waals surface area contributed by atoms with E-state index in [1.165, 1.54) is 13.4 Å². The highest BCUT2D eigenvalue weighted by atomic mass is 16.5. The van der Waals surface area contributed by atoms with Crippen LogP contribution in [0.15, 0.2) is 60.9 Å². The molecule has 0 spiro atoms. The minimum absolute atomic E-state index is 0.422. The number of anilines is 4. The first-order chi connectivity index (χ1) is 12.7. The lowest BCUT2D eigenvalue weighted by Crippen LogP contribution is -2.06. The molecular weight excluding hydrogens is 332 g/mol. The molecule has 0 fully saturated rings. The monoisotopic (exact) mass is 350 g/mol. The Morgan fingerprint density at radius 1 is 0.885 bits per heavy atom. The summed E-state index contributed by atoms with van der Waals surface area (Å²) in [6.45, 7) is 0. The molecule has 2 N–H and O–H groups in total. The van der Waals surface area contributed by atoms with E-state index < -0.39 is 5.97 Å². The number of nitrogens with one attached hydrogen (secondary N) is 2. The molecule has 0 aliphatic carbocycles. The van der Waals surface area contributed by atoms with Crippen LogP contribution in [0.25, 0.3) is 0 Å². The number of benzene rings is 2. The molecule has 0 radical (unpaired) electrons. The van der Waals surface area contributed by atoms with Crippen LogP contribution < -0.4 is 15.4 Å². The Morgan fingerprint density at radius 2 is 1.50 bits per heavy atom. The average Bonchev–Trinajstić information content (AvgIpc) is 2.68. The Hall–Kier alpha value is -3.61. The third-order valence-electron chi connectivity index (χ3n) is 3.63. The smallest absolute Gasteiger partial charge is 0.339 e. The van der Waals surface area contributed by atoms with Crippen LogP contribution in [0.2, 0.25) is 0 Å². The summed E-state index contributed by atoms with van der Waals surface area (Å²) < 4.78 is 10.1. The maximum Gasteiger partial charge on any atom is 0.339 e. The van der Waals surface area contributed by atoms with Crippen LogP contribution in [0.3, 0.4) is 0 Å². The summed E-state index contributed by atoms with van der Waals surface area (Å²) in [5.41, 5.74) is 1.81. The van der Waals surface area contributed by atoms with E-state index >= 15 is 0 Å². The molecule has 0 unspecified atom stereocenters. The fourth-order valence-corrected chi connectivity index (χ4v) is 2.40. The molecule has 0 atom stereocenters. The summed E-state index contributed by atoms with van der Waals surface area (Å²) in [6.07, 6.45) is 1.43. The van der Waals surface area contributed by atoms with Crippen molar-refractivity contribution in [2.75, 3.05) is 24.9 Å². The van der Waals surface area contributed by atoms with Crippen molar-refractivity contribution in [2.24, 2.45) is 0 Å². The number of aromatic nitrogens is 2. The van der Waals surface area contributed by atoms with E-state index in [4.69, 9.17) is 9.47 Å². The lowest BCUT2D eigenvalue weighted by molar-refractivity contribution is 0.0602. The summed E-state index contributed by atoms with van der Waals surface area (Å²) in [4.78, 5) is 20.3. The molecular formula is C19H18N4O3. The third kappa shape index (κ3) is 3.89. The number of ether oxygens (including phenoxy) is 2. The molecule has 1 heterocycles. The number of methoxy groups -OCH3 is 2. The maximum atomic E-state index is 11.9. The number of carbonyl (C=O) groups excluding carboxylic acids is 1. The van der Waals surface area contributed by atoms with Gasteiger partial charge in [-0.05, 0) is 24.3 Å². The van der Waals surface area contributed by atoms with Crippen LogP contribution >= 0.6 is 0 Å². The zero-order valence-electron chi connectivity index (χ0n) is 14.4. The predicted octanol–water partition coefficient (Wildman–Crippen LogP) is 3.76. The van der Waals surface area contributed by atoms with Crippen LogP contribution in [0.1, 0.15) is 10.4 Å². The van der Waals surface area contributed by atoms with Crippen LogP contribution in [0.5, 0.6) is 5.75 Å². The van der Waals surface area contributed by atoms with Gasteiger partial charge in [0.25, 0.3) is 0 Å². The van der Waals surface area contributed by atoms with Crippen molar-refractivity contribution in [3.8, 4) is 5.75 Å². The lowest BCUT2D eigenvalue weighted by Gasteiger charge is -2.12. The van der Waals surface area contributed by atoms with E-state index in [9.17, 15) is 4.79 Å². The second-order valence-electron chi connectivity index (χ2n) is 5.28. The molecule has 0 aliphatic rings. The Bertz CT molecular complexity index is 915. The molecule has 0 aliphatic heterocycles. The van der Waals surface area contributed by atoms with Gasteiger partial charge in [0.1, 0.15) is 23.7 Å². The summed E-state index contributed by atoms with van der Waals surface area (Å²) in [5, 5.41) is 6.31. The van der Waals surface area contributed by atoms with E-state index in [2.05, 4.69) is 20.6 Å². The first-order valence-electron chi connectivity index (χ1n) is 7.87. The molecule has 3 aromatic rings. The summed E-state index contributed by atoms with van der Waals surface area (Å²) >= 11 is 0. The van der Waals surface area contributed by atoms with Gasteiger partial charge in [-0.25, -0.2) is 14.8 Å². The standard InChI is InChI=1S/C19H18N4O3/c1-25-16-10-6-5-9-15(16)23-18-11-17(20-12-21-18)22-14-8-4-3-7-13(14)19(24)26-2/h3-12H,1-2H3,(H2,20,21,22,23). The lowest BCUT2D eigenvalue weighted by atomic mass is 10.2. The average molecular weight is 350 g/mol. The van der Waals surface area contributed by atoms with Crippen molar-refractivity contribution in [1.82, 2.24) is 9.97 Å².